The number of piperidine rings is 1. The zero-order valence-electron chi connectivity index (χ0n) is 14.6. The van der Waals surface area contributed by atoms with Crippen LogP contribution in [0.2, 0.25) is 0 Å². The van der Waals surface area contributed by atoms with Gasteiger partial charge in [-0.1, -0.05) is 12.1 Å². The second-order valence-electron chi connectivity index (χ2n) is 6.37. The smallest absolute Gasteiger partial charge is 0.223 e. The minimum atomic E-state index is 0.140. The lowest BCUT2D eigenvalue weighted by Crippen LogP contribution is -2.42. The zero-order chi connectivity index (χ0) is 16.8. The van der Waals surface area contributed by atoms with Gasteiger partial charge in [0.15, 0.2) is 11.5 Å². The van der Waals surface area contributed by atoms with E-state index in [1.165, 1.54) is 0 Å². The molecule has 0 radical (unpaired) electrons. The molecule has 5 heteroatoms. The van der Waals surface area contributed by atoms with E-state index < -0.39 is 0 Å². The fraction of sp³-hybridized carbons (Fsp3) is 0.611. The Bertz CT molecular complexity index is 523. The van der Waals surface area contributed by atoms with Crippen LogP contribution in [0.25, 0.3) is 0 Å². The molecule has 0 atom stereocenters. The minimum absolute atomic E-state index is 0.140. The third-order valence-corrected chi connectivity index (χ3v) is 4.27. The zero-order valence-corrected chi connectivity index (χ0v) is 14.6. The lowest BCUT2D eigenvalue weighted by atomic mass is 9.95. The van der Waals surface area contributed by atoms with E-state index in [4.69, 9.17) is 9.47 Å². The van der Waals surface area contributed by atoms with Crippen molar-refractivity contribution in [3.05, 3.63) is 23.8 Å². The molecule has 1 heterocycles. The number of amides is 1. The predicted molar refractivity (Wildman–Crippen MR) is 90.8 cm³/mol. The van der Waals surface area contributed by atoms with Crippen molar-refractivity contribution in [3.8, 4) is 11.5 Å². The largest absolute Gasteiger partial charge is 0.493 e. The van der Waals surface area contributed by atoms with Gasteiger partial charge in [-0.25, -0.2) is 0 Å². The topological polar surface area (TPSA) is 50.8 Å². The minimum Gasteiger partial charge on any atom is -0.493 e. The van der Waals surface area contributed by atoms with Gasteiger partial charge < -0.3 is 14.8 Å². The number of likely N-dealkylation sites (tertiary alicyclic amines) is 1. The van der Waals surface area contributed by atoms with E-state index in [0.717, 1.165) is 49.5 Å². The van der Waals surface area contributed by atoms with Gasteiger partial charge >= 0.3 is 0 Å². The lowest BCUT2D eigenvalue weighted by molar-refractivity contribution is -0.127. The van der Waals surface area contributed by atoms with Crippen molar-refractivity contribution >= 4 is 5.91 Å². The van der Waals surface area contributed by atoms with Crippen LogP contribution in [-0.4, -0.2) is 44.2 Å². The number of hydrogen-bond donors (Lipinski definition) is 1. The summed E-state index contributed by atoms with van der Waals surface area (Å²) in [5, 5.41) is 3.02. The highest BCUT2D eigenvalue weighted by atomic mass is 16.5. The molecule has 0 aromatic heterocycles. The van der Waals surface area contributed by atoms with E-state index in [0.29, 0.717) is 0 Å². The molecule has 0 unspecified atom stereocenters. The fourth-order valence-corrected chi connectivity index (χ4v) is 3.07. The molecule has 23 heavy (non-hydrogen) atoms. The van der Waals surface area contributed by atoms with Crippen LogP contribution in [0, 0.1) is 5.92 Å². The first kappa shape index (κ1) is 17.6. The molecule has 128 valence electrons. The van der Waals surface area contributed by atoms with Gasteiger partial charge in [0.2, 0.25) is 5.91 Å². The maximum Gasteiger partial charge on any atom is 0.223 e. The van der Waals surface area contributed by atoms with Crippen LogP contribution in [0.1, 0.15) is 32.3 Å². The van der Waals surface area contributed by atoms with Gasteiger partial charge in [-0.3, -0.25) is 9.69 Å². The molecule has 1 aromatic carbocycles. The molecule has 2 rings (SSSR count). The fourth-order valence-electron chi connectivity index (χ4n) is 3.07. The highest BCUT2D eigenvalue weighted by Gasteiger charge is 2.25. The summed E-state index contributed by atoms with van der Waals surface area (Å²) in [5.74, 6) is 1.89. The van der Waals surface area contributed by atoms with Crippen LogP contribution in [0.15, 0.2) is 18.2 Å². The van der Waals surface area contributed by atoms with Crippen molar-refractivity contribution in [1.82, 2.24) is 10.2 Å². The monoisotopic (exact) mass is 320 g/mol. The Morgan fingerprint density at radius 2 is 1.96 bits per heavy atom. The standard InChI is InChI=1S/C18H28N2O3/c1-13(2)19-18(21)14-8-10-20(11-9-14)12-15-6-5-7-16(22-3)17(15)23-4/h5-7,13-14H,8-12H2,1-4H3,(H,19,21). The van der Waals surface area contributed by atoms with Crippen molar-refractivity contribution in [3.63, 3.8) is 0 Å². The van der Waals surface area contributed by atoms with Crippen LogP contribution in [-0.2, 0) is 11.3 Å². The number of para-hydroxylation sites is 1. The molecule has 1 N–H and O–H groups in total. The molecule has 0 saturated carbocycles. The second-order valence-corrected chi connectivity index (χ2v) is 6.37. The first-order chi connectivity index (χ1) is 11.0. The normalized spacial score (nSPS) is 16.4. The highest BCUT2D eigenvalue weighted by molar-refractivity contribution is 5.78. The summed E-state index contributed by atoms with van der Waals surface area (Å²) < 4.78 is 10.9. The highest BCUT2D eigenvalue weighted by Crippen LogP contribution is 2.32. The van der Waals surface area contributed by atoms with Crippen molar-refractivity contribution < 1.29 is 14.3 Å². The van der Waals surface area contributed by atoms with Gasteiger partial charge in [-0.2, -0.15) is 0 Å². The maximum atomic E-state index is 12.1. The molecule has 5 nitrogen and oxygen atoms in total. The van der Waals surface area contributed by atoms with Crippen LogP contribution in [0.3, 0.4) is 0 Å². The van der Waals surface area contributed by atoms with E-state index in [9.17, 15) is 4.79 Å². The van der Waals surface area contributed by atoms with Gasteiger partial charge in [0.25, 0.3) is 0 Å². The maximum absolute atomic E-state index is 12.1. The molecule has 0 bridgehead atoms. The Morgan fingerprint density at radius 1 is 1.26 bits per heavy atom. The van der Waals surface area contributed by atoms with Crippen molar-refractivity contribution in [2.24, 2.45) is 5.92 Å². The Morgan fingerprint density at radius 3 is 2.52 bits per heavy atom. The van der Waals surface area contributed by atoms with E-state index in [-0.39, 0.29) is 17.9 Å². The summed E-state index contributed by atoms with van der Waals surface area (Å²) in [5.41, 5.74) is 1.12. The Balaban J connectivity index is 1.93. The quantitative estimate of drug-likeness (QED) is 0.875. The first-order valence-electron chi connectivity index (χ1n) is 8.27. The van der Waals surface area contributed by atoms with Gasteiger partial charge in [-0.15, -0.1) is 0 Å². The average molecular weight is 320 g/mol. The Hall–Kier alpha value is -1.75. The molecular formula is C18H28N2O3. The molecule has 1 fully saturated rings. The summed E-state index contributed by atoms with van der Waals surface area (Å²) in [4.78, 5) is 14.5. The third-order valence-electron chi connectivity index (χ3n) is 4.27. The summed E-state index contributed by atoms with van der Waals surface area (Å²) in [6, 6.07) is 6.17. The summed E-state index contributed by atoms with van der Waals surface area (Å²) in [7, 11) is 3.32. The molecule has 1 aliphatic rings. The first-order valence-corrected chi connectivity index (χ1v) is 8.27. The van der Waals surface area contributed by atoms with E-state index in [1.54, 1.807) is 14.2 Å². The summed E-state index contributed by atoms with van der Waals surface area (Å²) in [6.45, 7) is 6.68. The van der Waals surface area contributed by atoms with E-state index in [1.807, 2.05) is 26.0 Å². The van der Waals surface area contributed by atoms with Gasteiger partial charge in [0.1, 0.15) is 0 Å². The predicted octanol–water partition coefficient (Wildman–Crippen LogP) is 2.44. The molecular weight excluding hydrogens is 292 g/mol. The number of rotatable bonds is 6. The van der Waals surface area contributed by atoms with Crippen LogP contribution in [0.5, 0.6) is 11.5 Å². The third kappa shape index (κ3) is 4.61. The lowest BCUT2D eigenvalue weighted by Gasteiger charge is -2.32. The van der Waals surface area contributed by atoms with E-state index in [2.05, 4.69) is 16.3 Å². The molecule has 1 aliphatic heterocycles. The molecule has 1 aromatic rings. The SMILES string of the molecule is COc1cccc(CN2CCC(C(=O)NC(C)C)CC2)c1OC. The number of ether oxygens (including phenoxy) is 2. The van der Waals surface area contributed by atoms with Gasteiger partial charge in [0.05, 0.1) is 14.2 Å². The summed E-state index contributed by atoms with van der Waals surface area (Å²) >= 11 is 0. The number of carbonyl (C=O) groups is 1. The second kappa shape index (κ2) is 8.20. The van der Waals surface area contributed by atoms with Crippen molar-refractivity contribution in [1.29, 1.82) is 0 Å². The number of hydrogen-bond acceptors (Lipinski definition) is 4. The van der Waals surface area contributed by atoms with Crippen molar-refractivity contribution in [2.75, 3.05) is 27.3 Å². The molecule has 0 aliphatic carbocycles. The van der Waals surface area contributed by atoms with Gasteiger partial charge in [-0.05, 0) is 45.8 Å². The van der Waals surface area contributed by atoms with Crippen LogP contribution >= 0.6 is 0 Å². The number of nitrogens with one attached hydrogen (secondary N) is 1. The van der Waals surface area contributed by atoms with Crippen LogP contribution < -0.4 is 14.8 Å². The van der Waals surface area contributed by atoms with Gasteiger partial charge in [0, 0.05) is 24.1 Å². The molecule has 1 amide bonds. The van der Waals surface area contributed by atoms with Crippen LogP contribution in [0.4, 0.5) is 0 Å². The Labute approximate surface area is 139 Å². The number of nitrogens with zero attached hydrogens (tertiary/aromatic N) is 1. The van der Waals surface area contributed by atoms with E-state index >= 15 is 0 Å². The molecule has 1 saturated heterocycles. The molecule has 0 spiro atoms. The number of carbonyl (C=O) groups excluding carboxylic acids is 1. The average Bonchev–Trinajstić information content (AvgIpc) is 2.54. The number of benzene rings is 1. The summed E-state index contributed by atoms with van der Waals surface area (Å²) in [6.07, 6.45) is 1.82. The van der Waals surface area contributed by atoms with Crippen molar-refractivity contribution in [2.45, 2.75) is 39.3 Å². The number of methoxy groups -OCH3 is 2. The Kier molecular flexibility index (Phi) is 6.28.